The zero-order valence-corrected chi connectivity index (χ0v) is 27.5. The first-order valence-electron chi connectivity index (χ1n) is 16.8. The normalized spacial score (nSPS) is 15.8. The molecule has 8 aromatic rings. The molecule has 0 fully saturated rings. The summed E-state index contributed by atoms with van der Waals surface area (Å²) >= 11 is 1.86. The molecule has 3 heteroatoms. The fraction of sp³-hybridized carbons (Fsp3) is 0.0435. The molecule has 1 aliphatic heterocycles. The van der Waals surface area contributed by atoms with Crippen molar-refractivity contribution in [3.63, 3.8) is 0 Å². The topological polar surface area (TPSA) is 12.5 Å². The number of hydrogen-bond acceptors (Lipinski definition) is 3. The van der Waals surface area contributed by atoms with Crippen molar-refractivity contribution in [3.8, 4) is 28.0 Å². The largest absolute Gasteiger partial charge is 0.484 e. The number of rotatable bonds is 5. The van der Waals surface area contributed by atoms with Gasteiger partial charge >= 0.3 is 0 Å². The highest BCUT2D eigenvalue weighted by Gasteiger charge is 2.39. The van der Waals surface area contributed by atoms with Crippen LogP contribution < -0.4 is 9.64 Å². The quantitative estimate of drug-likeness (QED) is 0.185. The van der Waals surface area contributed by atoms with Gasteiger partial charge in [-0.2, -0.15) is 0 Å². The van der Waals surface area contributed by atoms with E-state index in [9.17, 15) is 0 Å². The Hall–Kier alpha value is -5.90. The fourth-order valence-corrected chi connectivity index (χ4v) is 8.87. The minimum atomic E-state index is -0.0198. The van der Waals surface area contributed by atoms with Crippen LogP contribution in [0.3, 0.4) is 0 Å². The van der Waals surface area contributed by atoms with Crippen LogP contribution in [-0.4, -0.2) is 0 Å². The molecule has 0 spiro atoms. The molecule has 0 saturated heterocycles. The highest BCUT2D eigenvalue weighted by molar-refractivity contribution is 7.25. The maximum atomic E-state index is 6.71. The molecule has 0 saturated carbocycles. The molecule has 1 aliphatic carbocycles. The van der Waals surface area contributed by atoms with Crippen molar-refractivity contribution < 1.29 is 4.74 Å². The highest BCUT2D eigenvalue weighted by Crippen LogP contribution is 2.54. The molecule has 0 amide bonds. The summed E-state index contributed by atoms with van der Waals surface area (Å²) in [5.41, 5.74) is 11.9. The zero-order chi connectivity index (χ0) is 32.3. The van der Waals surface area contributed by atoms with Gasteiger partial charge in [0.15, 0.2) is 0 Å². The molecule has 2 nitrogen and oxygen atoms in total. The second-order valence-electron chi connectivity index (χ2n) is 12.8. The molecular formula is C46H31NOS. The molecule has 10 rings (SSSR count). The second kappa shape index (κ2) is 11.4. The summed E-state index contributed by atoms with van der Waals surface area (Å²) in [5.74, 6) is 1.12. The van der Waals surface area contributed by atoms with Crippen LogP contribution in [-0.2, 0) is 0 Å². The highest BCUT2D eigenvalue weighted by atomic mass is 32.1. The number of anilines is 3. The lowest BCUT2D eigenvalue weighted by Gasteiger charge is -2.29. The number of ether oxygens (including phenoxy) is 1. The average molecular weight is 646 g/mol. The molecule has 2 atom stereocenters. The smallest absolute Gasteiger partial charge is 0.135 e. The third-order valence-corrected chi connectivity index (χ3v) is 11.2. The van der Waals surface area contributed by atoms with Crippen LogP contribution in [0.1, 0.15) is 28.7 Å². The Balaban J connectivity index is 1.08. The van der Waals surface area contributed by atoms with Gasteiger partial charge in [0, 0.05) is 54.2 Å². The lowest BCUT2D eigenvalue weighted by atomic mass is 9.81. The van der Waals surface area contributed by atoms with E-state index in [4.69, 9.17) is 4.74 Å². The average Bonchev–Trinajstić information content (AvgIpc) is 3.74. The lowest BCUT2D eigenvalue weighted by Crippen LogP contribution is -2.13. The van der Waals surface area contributed by atoms with Crippen molar-refractivity contribution in [3.05, 3.63) is 187 Å². The van der Waals surface area contributed by atoms with Gasteiger partial charge < -0.3 is 9.64 Å². The van der Waals surface area contributed by atoms with E-state index < -0.39 is 0 Å². The van der Waals surface area contributed by atoms with Crippen LogP contribution in [0.25, 0.3) is 48.5 Å². The number of benzene rings is 7. The first kappa shape index (κ1) is 28.1. The van der Waals surface area contributed by atoms with Gasteiger partial charge in [-0.05, 0) is 76.9 Å². The van der Waals surface area contributed by atoms with Crippen LogP contribution in [0.4, 0.5) is 17.1 Å². The molecular weight excluding hydrogens is 615 g/mol. The fourth-order valence-electron chi connectivity index (χ4n) is 7.78. The second-order valence-corrected chi connectivity index (χ2v) is 13.9. The minimum Gasteiger partial charge on any atom is -0.484 e. The van der Waals surface area contributed by atoms with Crippen molar-refractivity contribution in [2.45, 2.75) is 12.0 Å². The Labute approximate surface area is 289 Å². The van der Waals surface area contributed by atoms with Gasteiger partial charge in [-0.3, -0.25) is 0 Å². The number of hydrogen-bond donors (Lipinski definition) is 0. The molecule has 2 aliphatic rings. The third-order valence-electron chi connectivity index (χ3n) is 10.1. The van der Waals surface area contributed by atoms with Crippen LogP contribution in [0, 0.1) is 0 Å². The van der Waals surface area contributed by atoms with Crippen LogP contribution in [0.2, 0.25) is 0 Å². The van der Waals surface area contributed by atoms with Gasteiger partial charge in [0.1, 0.15) is 11.9 Å². The molecule has 1 aromatic heterocycles. The summed E-state index contributed by atoms with van der Waals surface area (Å²) < 4.78 is 9.36. The lowest BCUT2D eigenvalue weighted by molar-refractivity contribution is 0.223. The Morgan fingerprint density at radius 1 is 0.531 bits per heavy atom. The molecule has 0 N–H and O–H groups in total. The molecule has 0 radical (unpaired) electrons. The van der Waals surface area contributed by atoms with Gasteiger partial charge in [0.25, 0.3) is 0 Å². The summed E-state index contributed by atoms with van der Waals surface area (Å²) in [4.78, 5) is 2.38. The number of nitrogens with zero attached hydrogens (tertiary/aromatic N) is 1. The summed E-state index contributed by atoms with van der Waals surface area (Å²) in [7, 11) is 0. The summed E-state index contributed by atoms with van der Waals surface area (Å²) in [5, 5.41) is 2.64. The van der Waals surface area contributed by atoms with E-state index in [2.05, 4.69) is 181 Å². The van der Waals surface area contributed by atoms with Crippen molar-refractivity contribution in [2.75, 3.05) is 4.90 Å². The molecule has 2 heterocycles. The van der Waals surface area contributed by atoms with Crippen LogP contribution >= 0.6 is 11.3 Å². The van der Waals surface area contributed by atoms with Crippen molar-refractivity contribution >= 4 is 54.6 Å². The minimum absolute atomic E-state index is 0.0198. The molecule has 7 aromatic carbocycles. The van der Waals surface area contributed by atoms with Gasteiger partial charge in [0.05, 0.1) is 5.69 Å². The van der Waals surface area contributed by atoms with Gasteiger partial charge in [-0.25, -0.2) is 0 Å². The SMILES string of the molecule is C1=CC2c3c(cccc3-c3ccccc3N(c3ccccc3)c3ccc(-c4ccc5sc6ccccc6c5c4)cc3)OC2c2ccccc21. The van der Waals surface area contributed by atoms with Gasteiger partial charge in [-0.1, -0.05) is 121 Å². The molecule has 49 heavy (non-hydrogen) atoms. The van der Waals surface area contributed by atoms with E-state index in [-0.39, 0.29) is 12.0 Å². The van der Waals surface area contributed by atoms with E-state index in [0.717, 1.165) is 22.8 Å². The summed E-state index contributed by atoms with van der Waals surface area (Å²) in [6.45, 7) is 0. The van der Waals surface area contributed by atoms with Crippen molar-refractivity contribution in [1.29, 1.82) is 0 Å². The Morgan fingerprint density at radius 3 is 2.16 bits per heavy atom. The predicted octanol–water partition coefficient (Wildman–Crippen LogP) is 13.1. The third kappa shape index (κ3) is 4.62. The summed E-state index contributed by atoms with van der Waals surface area (Å²) in [6.07, 6.45) is 4.57. The monoisotopic (exact) mass is 645 g/mol. The Morgan fingerprint density at radius 2 is 1.24 bits per heavy atom. The van der Waals surface area contributed by atoms with Crippen LogP contribution in [0.15, 0.2) is 170 Å². The molecule has 232 valence electrons. The van der Waals surface area contributed by atoms with Crippen LogP contribution in [0.5, 0.6) is 5.75 Å². The first-order valence-corrected chi connectivity index (χ1v) is 17.6. The van der Waals surface area contributed by atoms with Gasteiger partial charge in [-0.15, -0.1) is 11.3 Å². The standard InChI is InChI=1S/C46H31NOS/c1-2-12-33(13-3-1)47(34-25-21-30(22-26-34)32-24-28-44-40(29-32)37-16-7-9-20-43(37)49-44)41-18-8-6-15-36(41)38-17-10-19-42-45(38)39-27-23-31-11-4-5-14-35(31)46(39)48-42/h1-29,39,46H. The van der Waals surface area contributed by atoms with Crippen molar-refractivity contribution in [1.82, 2.24) is 0 Å². The number of fused-ring (bicyclic) bond motifs is 8. The first-order chi connectivity index (χ1) is 24.3. The van der Waals surface area contributed by atoms with E-state index in [0.29, 0.717) is 0 Å². The van der Waals surface area contributed by atoms with E-state index >= 15 is 0 Å². The number of para-hydroxylation sites is 2. The molecule has 2 unspecified atom stereocenters. The van der Waals surface area contributed by atoms with E-state index in [1.807, 2.05) is 11.3 Å². The summed E-state index contributed by atoms with van der Waals surface area (Å²) in [6, 6.07) is 59.2. The predicted molar refractivity (Wildman–Crippen MR) is 206 cm³/mol. The zero-order valence-electron chi connectivity index (χ0n) is 26.7. The van der Waals surface area contributed by atoms with Gasteiger partial charge in [0.2, 0.25) is 0 Å². The maximum absolute atomic E-state index is 6.71. The Kier molecular flexibility index (Phi) is 6.53. The van der Waals surface area contributed by atoms with E-state index in [1.165, 1.54) is 59.1 Å². The molecule has 0 bridgehead atoms. The van der Waals surface area contributed by atoms with Crippen molar-refractivity contribution in [2.24, 2.45) is 0 Å². The van der Waals surface area contributed by atoms with E-state index in [1.54, 1.807) is 0 Å². The maximum Gasteiger partial charge on any atom is 0.135 e. The Bertz CT molecular complexity index is 2550. The number of thiophene rings is 1.